The van der Waals surface area contributed by atoms with Gasteiger partial charge in [-0.3, -0.25) is 0 Å². The number of rotatable bonds is 8. The molecular weight excluding hydrogens is 1320 g/mol. The molecule has 6 aromatic rings. The summed E-state index contributed by atoms with van der Waals surface area (Å²) in [4.78, 5) is 4.67. The number of para-hydroxylation sites is 1. The number of aryl methyl sites for hydroxylation is 3. The minimum Gasteiger partial charge on any atom is -1.00 e. The predicted octanol–water partition coefficient (Wildman–Crippen LogP) is 5.63. The van der Waals surface area contributed by atoms with Gasteiger partial charge in [0.2, 0.25) is 0 Å². The average Bonchev–Trinajstić information content (AvgIpc) is 3.57. The molecule has 6 aromatic carbocycles. The van der Waals surface area contributed by atoms with E-state index >= 15 is 0 Å². The zero-order chi connectivity index (χ0) is 59.8. The Morgan fingerprint density at radius 1 is 0.388 bits per heavy atom. The molecule has 2 N–H and O–H groups in total. The van der Waals surface area contributed by atoms with Gasteiger partial charge >= 0.3 is 51.7 Å². The molecule has 2 saturated carbocycles. The Morgan fingerprint density at radius 3 is 0.847 bits per heavy atom. The van der Waals surface area contributed by atoms with Gasteiger partial charge in [-0.05, 0) is 130 Å². The summed E-state index contributed by atoms with van der Waals surface area (Å²) in [5.41, 5.74) is 10.0. The van der Waals surface area contributed by atoms with Crippen molar-refractivity contribution in [1.29, 1.82) is 0 Å². The summed E-state index contributed by atoms with van der Waals surface area (Å²) in [5.74, 6) is 0.507. The molecule has 0 bridgehead atoms. The van der Waals surface area contributed by atoms with Gasteiger partial charge in [-0.25, -0.2) is 0 Å². The number of hydrogen-bond acceptors (Lipinski definition) is 7. The zero-order valence-electron chi connectivity index (χ0n) is 55.6. The summed E-state index contributed by atoms with van der Waals surface area (Å²) >= 11 is 0. The fourth-order valence-corrected chi connectivity index (χ4v) is 10.1. The molecule has 0 spiro atoms. The van der Waals surface area contributed by atoms with E-state index in [1.54, 1.807) is 12.1 Å². The third kappa shape index (κ3) is 32.5. The fourth-order valence-electron chi connectivity index (χ4n) is 10.1. The molecule has 0 radical (unpaired) electrons. The summed E-state index contributed by atoms with van der Waals surface area (Å²) in [6, 6.07) is 49.7. The largest absolute Gasteiger partial charge is 3.00 e. The van der Waals surface area contributed by atoms with Crippen LogP contribution in [0.25, 0.3) is 0 Å². The van der Waals surface area contributed by atoms with Crippen molar-refractivity contribution < 1.29 is 52.5 Å². The van der Waals surface area contributed by atoms with E-state index in [0.29, 0.717) is 37.3 Å². The molecule has 2 aliphatic carbocycles. The first-order valence-electron chi connectivity index (χ1n) is 29.7. The molecule has 0 aromatic heterocycles. The minimum absolute atomic E-state index is 0. The maximum Gasteiger partial charge on any atom is 3.00 e. The van der Waals surface area contributed by atoms with Crippen LogP contribution in [-0.2, 0) is 34.7 Å². The first kappa shape index (κ1) is 86.4. The van der Waals surface area contributed by atoms with Crippen LogP contribution >= 0.6 is 0 Å². The molecule has 8 rings (SSSR count). The summed E-state index contributed by atoms with van der Waals surface area (Å²) in [6.07, 6.45) is 10.0. The van der Waals surface area contributed by atoms with E-state index in [9.17, 15) is 15.3 Å². The predicted molar refractivity (Wildman–Crippen MR) is 351 cm³/mol. The second kappa shape index (κ2) is 42.2. The van der Waals surface area contributed by atoms with E-state index in [-0.39, 0.29) is 128 Å². The summed E-state index contributed by atoms with van der Waals surface area (Å²) in [7, 11) is 8.67. The van der Waals surface area contributed by atoms with E-state index in [0.717, 1.165) is 22.3 Å². The number of nitrogens with one attached hydrogen (secondary N) is 2. The van der Waals surface area contributed by atoms with Gasteiger partial charge in [-0.15, -0.1) is 17.2 Å². The van der Waals surface area contributed by atoms with Crippen molar-refractivity contribution in [2.24, 2.45) is 0 Å². The fraction of sp³-hybridized carbons (Fsp3) is 0.507. The molecule has 0 unspecified atom stereocenters. The van der Waals surface area contributed by atoms with Crippen LogP contribution in [0.2, 0.25) is 0 Å². The number of benzene rings is 6. The van der Waals surface area contributed by atoms with Crippen molar-refractivity contribution in [2.75, 3.05) is 28.2 Å². The van der Waals surface area contributed by atoms with E-state index in [1.807, 2.05) is 60.7 Å². The second-order valence-electron chi connectivity index (χ2n) is 26.9. The maximum absolute atomic E-state index is 13.1. The van der Waals surface area contributed by atoms with Crippen molar-refractivity contribution >= 4 is 51.7 Å². The van der Waals surface area contributed by atoms with Crippen molar-refractivity contribution in [3.63, 3.8) is 0 Å². The molecule has 0 amide bonds. The second-order valence-corrected chi connectivity index (χ2v) is 26.9. The molecule has 85 heavy (non-hydrogen) atoms. The minimum atomic E-state index is -0.135. The Balaban J connectivity index is -0.00000104. The van der Waals surface area contributed by atoms with Gasteiger partial charge in [0, 0.05) is 37.3 Å². The molecule has 0 aliphatic heterocycles. The van der Waals surface area contributed by atoms with Crippen LogP contribution in [-0.4, -0.2) is 114 Å². The smallest absolute Gasteiger partial charge is 1.00 e. The molecule has 2 fully saturated rings. The molecule has 7 nitrogen and oxygen atoms in total. The first-order valence-corrected chi connectivity index (χ1v) is 29.7. The molecule has 4 atom stereocenters. The number of nitrogens with zero attached hydrogens (tertiary/aromatic N) is 2. The van der Waals surface area contributed by atoms with Crippen LogP contribution in [0.5, 0.6) is 17.2 Å². The van der Waals surface area contributed by atoms with E-state index in [4.69, 9.17) is 0 Å². The normalized spacial score (nSPS) is 16.3. The molecule has 0 saturated heterocycles. The van der Waals surface area contributed by atoms with Crippen molar-refractivity contribution in [3.05, 3.63) is 196 Å². The Bertz CT molecular complexity index is 2400. The van der Waals surface area contributed by atoms with Gasteiger partial charge in [0.15, 0.2) is 0 Å². The Hall–Kier alpha value is -2.83. The first-order chi connectivity index (χ1) is 37.4. The number of halogens is 3. The average molecular weight is 1420 g/mol. The van der Waals surface area contributed by atoms with Gasteiger partial charge in [0.1, 0.15) is 0 Å². The standard InChI is InChI=1S/2C23H40N2O.3C7H8.C6H6O.3ClH.2In/c2*1-22(2,3)17-13-16(21(26)18(14-17)23(4,5)6)15-24-19-11-9-10-12-20(19)25(7)8;3*1-7-5-3-2-4-6-7;7-6-4-2-1-3-5-6;;;;;/h2*13-14,19-20,24,26H,9-12,15H2,1-8H3;3*2-6H,1H3;1-5,7H;3*1H;;/q;;;;;;;;;2*+3/p-6/t2*19-,20-;;;;;;;;;/m00........./s1. The molecular formula is C73H107Cl3In2N4O3. The summed E-state index contributed by atoms with van der Waals surface area (Å²) in [5, 5.41) is 44.0. The number of hydrogen-bond donors (Lipinski definition) is 2. The van der Waals surface area contributed by atoms with E-state index < -0.39 is 0 Å². The van der Waals surface area contributed by atoms with Gasteiger partial charge in [-0.2, -0.15) is 0 Å². The maximum atomic E-state index is 13.1. The third-order valence-corrected chi connectivity index (χ3v) is 15.1. The molecule has 464 valence electrons. The van der Waals surface area contributed by atoms with Crippen LogP contribution < -0.4 is 63.2 Å². The van der Waals surface area contributed by atoms with Gasteiger partial charge in [0.05, 0.1) is 0 Å². The van der Waals surface area contributed by atoms with E-state index in [1.165, 1.54) is 91.3 Å². The van der Waals surface area contributed by atoms with E-state index in [2.05, 4.69) is 213 Å². The molecule has 2 aliphatic rings. The summed E-state index contributed by atoms with van der Waals surface area (Å²) < 4.78 is 0. The van der Waals surface area contributed by atoms with Crippen LogP contribution in [0, 0.1) is 20.8 Å². The summed E-state index contributed by atoms with van der Waals surface area (Å²) in [6.45, 7) is 33.7. The van der Waals surface area contributed by atoms with Gasteiger partial charge < -0.3 is 73.0 Å². The van der Waals surface area contributed by atoms with Crippen molar-refractivity contribution in [2.45, 2.75) is 214 Å². The van der Waals surface area contributed by atoms with Crippen LogP contribution in [0.4, 0.5) is 0 Å². The van der Waals surface area contributed by atoms with Crippen LogP contribution in [0.15, 0.2) is 146 Å². The third-order valence-electron chi connectivity index (χ3n) is 15.1. The topological polar surface area (TPSA) is 99.7 Å². The Kier molecular flexibility index (Phi) is 42.9. The molecule has 0 heterocycles. The Morgan fingerprint density at radius 2 is 0.647 bits per heavy atom. The SMILES string of the molecule is CN(C)[C@H]1CCCC[C@@H]1NCc1cc(C(C)(C)C)cc(C(C)(C)C)c1[O-].CN(C)[C@H]1CCCC[C@@H]1NCc1cc(C(C)(C)C)cc(C(C)(C)C)c1[O-].Cc1ccccc1.Cc1ccccc1.Cc1ccccc1.[Cl-].[Cl-].[Cl-].[In+3].[In+3].[O-]c1ccccc1. The van der Waals surface area contributed by atoms with Crippen molar-refractivity contribution in [3.8, 4) is 17.2 Å². The Labute approximate surface area is 575 Å². The van der Waals surface area contributed by atoms with Gasteiger partial charge in [-0.1, -0.05) is 271 Å². The van der Waals surface area contributed by atoms with Crippen molar-refractivity contribution in [1.82, 2.24) is 20.4 Å². The monoisotopic (exact) mass is 1420 g/mol. The number of likely N-dealkylation sites (N-methyl/N-ethyl adjacent to an activating group) is 2. The quantitative estimate of drug-likeness (QED) is 0.204. The van der Waals surface area contributed by atoms with Gasteiger partial charge in [0.25, 0.3) is 0 Å². The van der Waals surface area contributed by atoms with Crippen LogP contribution in [0.1, 0.15) is 185 Å². The molecule has 12 heteroatoms. The zero-order valence-corrected chi connectivity index (χ0v) is 64.5. The van der Waals surface area contributed by atoms with Crippen LogP contribution in [0.3, 0.4) is 0 Å².